The van der Waals surface area contributed by atoms with Crippen molar-refractivity contribution in [3.8, 4) is 34.1 Å². The largest absolute Gasteiger partial charge is 0.495 e. The van der Waals surface area contributed by atoms with E-state index in [9.17, 15) is 4.39 Å². The summed E-state index contributed by atoms with van der Waals surface area (Å²) < 4.78 is 23.7. The Morgan fingerprint density at radius 3 is 2.56 bits per heavy atom. The van der Waals surface area contributed by atoms with Crippen LogP contribution in [0, 0.1) is 19.7 Å². The zero-order valence-electron chi connectivity index (χ0n) is 19.3. The molecule has 2 aliphatic rings. The van der Waals surface area contributed by atoms with Crippen molar-refractivity contribution in [2.75, 3.05) is 7.11 Å². The van der Waals surface area contributed by atoms with Crippen LogP contribution in [0.2, 0.25) is 5.02 Å². The zero-order valence-corrected chi connectivity index (χ0v) is 20.0. The average Bonchev–Trinajstić information content (AvgIpc) is 3.45. The van der Waals surface area contributed by atoms with Gasteiger partial charge in [0.2, 0.25) is 0 Å². The number of ether oxygens (including phenoxy) is 1. The molecule has 0 aliphatic carbocycles. The molecule has 3 aromatic rings. The van der Waals surface area contributed by atoms with Gasteiger partial charge in [-0.05, 0) is 56.2 Å². The maximum atomic E-state index is 14.2. The van der Waals surface area contributed by atoms with Crippen LogP contribution >= 0.6 is 11.6 Å². The fourth-order valence-electron chi connectivity index (χ4n) is 4.13. The molecular formula is C26H23ClFN5O. The minimum Gasteiger partial charge on any atom is -0.495 e. The molecule has 2 aromatic carbocycles. The molecule has 1 aromatic heterocycles. The molecule has 3 heterocycles. The van der Waals surface area contributed by atoms with E-state index in [0.29, 0.717) is 27.9 Å². The highest BCUT2D eigenvalue weighted by Crippen LogP contribution is 2.38. The molecule has 5 rings (SSSR count). The van der Waals surface area contributed by atoms with Crippen molar-refractivity contribution < 1.29 is 9.13 Å². The summed E-state index contributed by atoms with van der Waals surface area (Å²) in [4.78, 5) is 4.30. The highest BCUT2D eigenvalue weighted by Gasteiger charge is 2.23. The molecule has 0 saturated heterocycles. The normalized spacial score (nSPS) is 12.3. The smallest absolute Gasteiger partial charge is 0.165 e. The van der Waals surface area contributed by atoms with E-state index in [1.807, 2.05) is 59.5 Å². The molecule has 2 aliphatic heterocycles. The van der Waals surface area contributed by atoms with Crippen molar-refractivity contribution in [2.24, 2.45) is 0 Å². The first-order valence-electron chi connectivity index (χ1n) is 10.8. The van der Waals surface area contributed by atoms with E-state index in [1.165, 1.54) is 0 Å². The lowest BCUT2D eigenvalue weighted by Gasteiger charge is -2.20. The van der Waals surface area contributed by atoms with Crippen LogP contribution < -0.4 is 4.74 Å². The average molecular weight is 476 g/mol. The van der Waals surface area contributed by atoms with Crippen LogP contribution in [-0.4, -0.2) is 31.4 Å². The Hall–Kier alpha value is -3.71. The molecule has 34 heavy (non-hydrogen) atoms. The Kier molecular flexibility index (Phi) is 5.57. The number of benzene rings is 2. The second-order valence-corrected chi connectivity index (χ2v) is 8.78. The molecular weight excluding hydrogens is 453 g/mol. The SMILES string of the molecule is COc1cc(-c2nnc3n([C@@H](C)c4ccc(C)c(F)c4)cc(Cl)cc2-3)ccc1-n1cnc(C)c1. The number of halogens is 2. The summed E-state index contributed by atoms with van der Waals surface area (Å²) in [7, 11) is 1.63. The highest BCUT2D eigenvalue weighted by molar-refractivity contribution is 6.30. The summed E-state index contributed by atoms with van der Waals surface area (Å²) in [5, 5.41) is 9.49. The second-order valence-electron chi connectivity index (χ2n) is 8.35. The first-order chi connectivity index (χ1) is 16.4. The summed E-state index contributed by atoms with van der Waals surface area (Å²) in [6.07, 6.45) is 5.49. The van der Waals surface area contributed by atoms with Crippen molar-refractivity contribution in [2.45, 2.75) is 26.8 Å². The third-order valence-corrected chi connectivity index (χ3v) is 6.28. The number of fused-ring (bicyclic) bond motifs is 1. The Labute approximate surface area is 202 Å². The van der Waals surface area contributed by atoms with Gasteiger partial charge < -0.3 is 13.9 Å². The van der Waals surface area contributed by atoms with Gasteiger partial charge in [-0.1, -0.05) is 29.8 Å². The fourth-order valence-corrected chi connectivity index (χ4v) is 4.35. The summed E-state index contributed by atoms with van der Waals surface area (Å²) in [5.74, 6) is 1.11. The van der Waals surface area contributed by atoms with Gasteiger partial charge in [0.1, 0.15) is 17.3 Å². The van der Waals surface area contributed by atoms with Crippen molar-refractivity contribution >= 4 is 11.6 Å². The third kappa shape index (κ3) is 3.82. The van der Waals surface area contributed by atoms with E-state index in [1.54, 1.807) is 38.7 Å². The van der Waals surface area contributed by atoms with Gasteiger partial charge in [-0.15, -0.1) is 10.2 Å². The first kappa shape index (κ1) is 22.1. The van der Waals surface area contributed by atoms with Crippen LogP contribution in [0.15, 0.2) is 61.2 Å². The topological polar surface area (TPSA) is 57.8 Å². The molecule has 0 radical (unpaired) electrons. The Morgan fingerprint density at radius 1 is 1.03 bits per heavy atom. The predicted molar refractivity (Wildman–Crippen MR) is 130 cm³/mol. The Balaban J connectivity index is 1.57. The number of aryl methyl sites for hydroxylation is 2. The molecule has 0 unspecified atom stereocenters. The van der Waals surface area contributed by atoms with Gasteiger partial charge in [-0.2, -0.15) is 0 Å². The van der Waals surface area contributed by atoms with Gasteiger partial charge in [-0.3, -0.25) is 0 Å². The minimum absolute atomic E-state index is 0.192. The highest BCUT2D eigenvalue weighted by atomic mass is 35.5. The lowest BCUT2D eigenvalue weighted by atomic mass is 10.0. The molecule has 8 heteroatoms. The van der Waals surface area contributed by atoms with Crippen LogP contribution in [0.5, 0.6) is 5.75 Å². The summed E-state index contributed by atoms with van der Waals surface area (Å²) in [6, 6.07) is 12.8. The summed E-state index contributed by atoms with van der Waals surface area (Å²) >= 11 is 6.51. The molecule has 0 fully saturated rings. The van der Waals surface area contributed by atoms with Crippen molar-refractivity contribution in [1.82, 2.24) is 24.3 Å². The number of aromatic nitrogens is 5. The molecule has 172 valence electrons. The Bertz CT molecular complexity index is 1470. The molecule has 0 amide bonds. The lowest BCUT2D eigenvalue weighted by molar-refractivity contribution is 0.413. The van der Waals surface area contributed by atoms with E-state index >= 15 is 0 Å². The van der Waals surface area contributed by atoms with Crippen molar-refractivity contribution in [3.63, 3.8) is 0 Å². The predicted octanol–water partition coefficient (Wildman–Crippen LogP) is 6.26. The summed E-state index contributed by atoms with van der Waals surface area (Å²) in [6.45, 7) is 5.67. The number of methoxy groups -OCH3 is 1. The van der Waals surface area contributed by atoms with Gasteiger partial charge >= 0.3 is 0 Å². The molecule has 6 nitrogen and oxygen atoms in total. The molecule has 1 atom stereocenters. The van der Waals surface area contributed by atoms with Gasteiger partial charge in [0.05, 0.1) is 35.9 Å². The van der Waals surface area contributed by atoms with Crippen LogP contribution in [-0.2, 0) is 0 Å². The standard InChI is InChI=1S/C26H23ClFN5O/c1-15-5-6-18(9-22(15)28)17(3)33-13-20(27)11-21-25(30-31-26(21)33)19-7-8-23(24(10-19)34-4)32-12-16(2)29-14-32/h5-14,17H,1-4H3/t17-/m0/s1. The van der Waals surface area contributed by atoms with E-state index in [2.05, 4.69) is 15.2 Å². The monoisotopic (exact) mass is 475 g/mol. The van der Waals surface area contributed by atoms with E-state index in [4.69, 9.17) is 16.3 Å². The van der Waals surface area contributed by atoms with Crippen LogP contribution in [0.1, 0.15) is 29.8 Å². The van der Waals surface area contributed by atoms with Crippen LogP contribution in [0.4, 0.5) is 4.39 Å². The second kappa shape index (κ2) is 8.57. The molecule has 0 spiro atoms. The maximum absolute atomic E-state index is 14.2. The number of hydrogen-bond acceptors (Lipinski definition) is 4. The zero-order chi connectivity index (χ0) is 24.0. The maximum Gasteiger partial charge on any atom is 0.165 e. The summed E-state index contributed by atoms with van der Waals surface area (Å²) in [5.41, 5.74) is 5.57. The number of pyridine rings is 1. The molecule has 0 bridgehead atoms. The Morgan fingerprint density at radius 2 is 1.85 bits per heavy atom. The quantitative estimate of drug-likeness (QED) is 0.301. The molecule has 0 N–H and O–H groups in total. The minimum atomic E-state index is -0.238. The number of imidazole rings is 1. The lowest BCUT2D eigenvalue weighted by Crippen LogP contribution is -2.11. The number of nitrogens with zero attached hydrogens (tertiary/aromatic N) is 5. The van der Waals surface area contributed by atoms with Crippen molar-refractivity contribution in [3.05, 3.63) is 88.8 Å². The van der Waals surface area contributed by atoms with E-state index in [-0.39, 0.29) is 11.9 Å². The fraction of sp³-hybridized carbons (Fsp3) is 0.192. The van der Waals surface area contributed by atoms with Gasteiger partial charge in [0.25, 0.3) is 0 Å². The third-order valence-electron chi connectivity index (χ3n) is 6.07. The van der Waals surface area contributed by atoms with Gasteiger partial charge in [0, 0.05) is 23.5 Å². The van der Waals surface area contributed by atoms with Gasteiger partial charge in [-0.25, -0.2) is 9.37 Å². The number of rotatable bonds is 5. The van der Waals surface area contributed by atoms with E-state index in [0.717, 1.165) is 28.1 Å². The first-order valence-corrected chi connectivity index (χ1v) is 11.2. The van der Waals surface area contributed by atoms with Crippen LogP contribution in [0.25, 0.3) is 28.3 Å². The van der Waals surface area contributed by atoms with Crippen molar-refractivity contribution in [1.29, 1.82) is 0 Å². The number of hydrogen-bond donors (Lipinski definition) is 0. The van der Waals surface area contributed by atoms with E-state index < -0.39 is 0 Å². The molecule has 0 saturated carbocycles. The van der Waals surface area contributed by atoms with Gasteiger partial charge in [0.15, 0.2) is 5.82 Å². The van der Waals surface area contributed by atoms with Crippen LogP contribution in [0.3, 0.4) is 0 Å².